The second-order valence-electron chi connectivity index (χ2n) is 3.58. The molecule has 1 fully saturated rings. The second kappa shape index (κ2) is 3.98. The molecule has 0 aromatic carbocycles. The van der Waals surface area contributed by atoms with Gasteiger partial charge in [-0.05, 0) is 34.7 Å². The lowest BCUT2D eigenvalue weighted by atomic mass is 10.1. The van der Waals surface area contributed by atoms with Gasteiger partial charge in [0.25, 0.3) is 0 Å². The number of carbonyl (C=O) groups is 1. The van der Waals surface area contributed by atoms with Gasteiger partial charge in [0.2, 0.25) is 5.91 Å². The van der Waals surface area contributed by atoms with Gasteiger partial charge in [-0.1, -0.05) is 18.3 Å². The summed E-state index contributed by atoms with van der Waals surface area (Å²) in [6, 6.07) is 0. The Morgan fingerprint density at radius 3 is 3.00 bits per heavy atom. The van der Waals surface area contributed by atoms with Gasteiger partial charge in [-0.15, -0.1) is 0 Å². The molecule has 14 heavy (non-hydrogen) atoms. The molecule has 0 radical (unpaired) electrons. The summed E-state index contributed by atoms with van der Waals surface area (Å²) in [5.41, 5.74) is 0. The maximum atomic E-state index is 11.6. The van der Waals surface area contributed by atoms with Crippen molar-refractivity contribution in [2.24, 2.45) is 11.8 Å². The Labute approximate surface area is 95.1 Å². The van der Waals surface area contributed by atoms with Gasteiger partial charge < -0.3 is 5.32 Å². The SMILES string of the molecule is CC(C(=O)Nc1ncc(Br)s1)C1CC1. The van der Waals surface area contributed by atoms with Crippen molar-refractivity contribution >= 4 is 38.3 Å². The Balaban J connectivity index is 1.93. The molecular weight excluding hydrogens is 264 g/mol. The Kier molecular flexibility index (Phi) is 2.88. The normalized spacial score (nSPS) is 17.9. The first kappa shape index (κ1) is 10.1. The number of halogens is 1. The van der Waals surface area contributed by atoms with E-state index in [1.165, 1.54) is 24.2 Å². The predicted molar refractivity (Wildman–Crippen MR) is 60.3 cm³/mol. The van der Waals surface area contributed by atoms with Crippen LogP contribution in [0.2, 0.25) is 0 Å². The number of nitrogens with zero attached hydrogens (tertiary/aromatic N) is 1. The van der Waals surface area contributed by atoms with E-state index in [1.807, 2.05) is 6.92 Å². The smallest absolute Gasteiger partial charge is 0.229 e. The molecule has 1 heterocycles. The summed E-state index contributed by atoms with van der Waals surface area (Å²) in [6.45, 7) is 1.98. The molecule has 1 aliphatic carbocycles. The van der Waals surface area contributed by atoms with Crippen molar-refractivity contribution in [1.82, 2.24) is 4.98 Å². The third-order valence-electron chi connectivity index (χ3n) is 2.45. The third kappa shape index (κ3) is 2.33. The average Bonchev–Trinajstić information content (AvgIpc) is 2.91. The van der Waals surface area contributed by atoms with Crippen LogP contribution in [0.3, 0.4) is 0 Å². The first-order chi connectivity index (χ1) is 6.66. The van der Waals surface area contributed by atoms with Gasteiger partial charge in [0, 0.05) is 5.92 Å². The molecule has 1 unspecified atom stereocenters. The van der Waals surface area contributed by atoms with Crippen LogP contribution in [0.15, 0.2) is 9.98 Å². The molecule has 0 saturated heterocycles. The Bertz CT molecular complexity index is 348. The number of nitrogens with one attached hydrogen (secondary N) is 1. The Morgan fingerprint density at radius 1 is 1.79 bits per heavy atom. The number of rotatable bonds is 3. The molecule has 1 amide bonds. The van der Waals surface area contributed by atoms with E-state index in [-0.39, 0.29) is 11.8 Å². The molecule has 5 heteroatoms. The highest BCUT2D eigenvalue weighted by Gasteiger charge is 2.32. The zero-order valence-electron chi connectivity index (χ0n) is 7.79. The molecule has 76 valence electrons. The number of carbonyl (C=O) groups excluding carboxylic acids is 1. The average molecular weight is 275 g/mol. The van der Waals surface area contributed by atoms with Crippen LogP contribution in [0.4, 0.5) is 5.13 Å². The van der Waals surface area contributed by atoms with E-state index < -0.39 is 0 Å². The lowest BCUT2D eigenvalue weighted by molar-refractivity contribution is -0.119. The van der Waals surface area contributed by atoms with Crippen molar-refractivity contribution in [3.63, 3.8) is 0 Å². The van der Waals surface area contributed by atoms with E-state index in [9.17, 15) is 4.79 Å². The fourth-order valence-corrected chi connectivity index (χ4v) is 2.45. The molecule has 0 spiro atoms. The predicted octanol–water partition coefficient (Wildman–Crippen LogP) is 2.89. The number of amides is 1. The Hall–Kier alpha value is -0.420. The van der Waals surface area contributed by atoms with Gasteiger partial charge in [0.1, 0.15) is 0 Å². The summed E-state index contributed by atoms with van der Waals surface area (Å²) in [7, 11) is 0. The molecular formula is C9H11BrN2OS. The van der Waals surface area contributed by atoms with Crippen LogP contribution in [0, 0.1) is 11.8 Å². The molecule has 0 aliphatic heterocycles. The number of hydrogen-bond donors (Lipinski definition) is 1. The summed E-state index contributed by atoms with van der Waals surface area (Å²) < 4.78 is 0.937. The van der Waals surface area contributed by atoms with E-state index in [0.717, 1.165) is 3.79 Å². The quantitative estimate of drug-likeness (QED) is 0.921. The highest BCUT2D eigenvalue weighted by molar-refractivity contribution is 9.11. The van der Waals surface area contributed by atoms with Crippen LogP contribution in [0.1, 0.15) is 19.8 Å². The summed E-state index contributed by atoms with van der Waals surface area (Å²) in [5.74, 6) is 0.811. The lowest BCUT2D eigenvalue weighted by Gasteiger charge is -2.08. The minimum absolute atomic E-state index is 0.0920. The van der Waals surface area contributed by atoms with Gasteiger partial charge in [-0.2, -0.15) is 0 Å². The van der Waals surface area contributed by atoms with E-state index >= 15 is 0 Å². The zero-order valence-corrected chi connectivity index (χ0v) is 10.2. The highest BCUT2D eigenvalue weighted by atomic mass is 79.9. The van der Waals surface area contributed by atoms with E-state index in [2.05, 4.69) is 26.2 Å². The summed E-state index contributed by atoms with van der Waals surface area (Å²) in [5, 5.41) is 3.50. The monoisotopic (exact) mass is 274 g/mol. The van der Waals surface area contributed by atoms with Gasteiger partial charge in [0.15, 0.2) is 5.13 Å². The van der Waals surface area contributed by atoms with Crippen LogP contribution in [-0.4, -0.2) is 10.9 Å². The summed E-state index contributed by atoms with van der Waals surface area (Å²) in [6.07, 6.45) is 4.08. The molecule has 1 saturated carbocycles. The van der Waals surface area contributed by atoms with Crippen molar-refractivity contribution in [3.8, 4) is 0 Å². The van der Waals surface area contributed by atoms with Crippen molar-refractivity contribution in [1.29, 1.82) is 0 Å². The standard InChI is InChI=1S/C9H11BrN2OS/c1-5(6-2-3-6)8(13)12-9-11-4-7(10)14-9/h4-6H,2-3H2,1H3,(H,11,12,13). The molecule has 1 aliphatic rings. The minimum atomic E-state index is 0.0920. The maximum absolute atomic E-state index is 11.6. The van der Waals surface area contributed by atoms with Crippen molar-refractivity contribution in [2.45, 2.75) is 19.8 Å². The largest absolute Gasteiger partial charge is 0.302 e. The van der Waals surface area contributed by atoms with E-state index in [0.29, 0.717) is 11.0 Å². The molecule has 1 aromatic rings. The number of thiazole rings is 1. The lowest BCUT2D eigenvalue weighted by Crippen LogP contribution is -2.21. The zero-order chi connectivity index (χ0) is 10.1. The molecule has 3 nitrogen and oxygen atoms in total. The van der Waals surface area contributed by atoms with Gasteiger partial charge in [-0.3, -0.25) is 4.79 Å². The van der Waals surface area contributed by atoms with Crippen molar-refractivity contribution in [2.75, 3.05) is 5.32 Å². The topological polar surface area (TPSA) is 42.0 Å². The van der Waals surface area contributed by atoms with Crippen LogP contribution in [-0.2, 0) is 4.79 Å². The van der Waals surface area contributed by atoms with Crippen LogP contribution in [0.25, 0.3) is 0 Å². The van der Waals surface area contributed by atoms with E-state index in [4.69, 9.17) is 0 Å². The molecule has 1 N–H and O–H groups in total. The van der Waals surface area contributed by atoms with Crippen LogP contribution in [0.5, 0.6) is 0 Å². The van der Waals surface area contributed by atoms with Gasteiger partial charge >= 0.3 is 0 Å². The summed E-state index contributed by atoms with van der Waals surface area (Å²) >= 11 is 4.74. The number of hydrogen-bond acceptors (Lipinski definition) is 3. The molecule has 1 atom stereocenters. The first-order valence-corrected chi connectivity index (χ1v) is 6.20. The highest BCUT2D eigenvalue weighted by Crippen LogP contribution is 2.37. The number of anilines is 1. The minimum Gasteiger partial charge on any atom is -0.302 e. The van der Waals surface area contributed by atoms with E-state index in [1.54, 1.807) is 6.20 Å². The Morgan fingerprint density at radius 2 is 2.50 bits per heavy atom. The first-order valence-electron chi connectivity index (χ1n) is 4.59. The molecule has 0 bridgehead atoms. The summed E-state index contributed by atoms with van der Waals surface area (Å²) in [4.78, 5) is 15.7. The fraction of sp³-hybridized carbons (Fsp3) is 0.556. The van der Waals surface area contributed by atoms with Gasteiger partial charge in [-0.25, -0.2) is 4.98 Å². The van der Waals surface area contributed by atoms with Crippen molar-refractivity contribution in [3.05, 3.63) is 9.98 Å². The maximum Gasteiger partial charge on any atom is 0.229 e. The second-order valence-corrected chi connectivity index (χ2v) is 5.99. The van der Waals surface area contributed by atoms with Crippen LogP contribution < -0.4 is 5.32 Å². The third-order valence-corrected chi connectivity index (χ3v) is 3.84. The van der Waals surface area contributed by atoms with Gasteiger partial charge in [0.05, 0.1) is 9.98 Å². The van der Waals surface area contributed by atoms with Crippen LogP contribution >= 0.6 is 27.3 Å². The number of aromatic nitrogens is 1. The molecule has 2 rings (SSSR count). The fourth-order valence-electron chi connectivity index (χ4n) is 1.34. The van der Waals surface area contributed by atoms with Crippen molar-refractivity contribution < 1.29 is 4.79 Å². The molecule has 1 aromatic heterocycles.